The number of methoxy groups -OCH3 is 1. The SMILES string of the molecule is COC(=O)c1cc(F)cc(N2CCN(C(=O)O)CC2)c1. The number of hydrogen-bond donors (Lipinski definition) is 1. The first-order valence-corrected chi connectivity index (χ1v) is 6.13. The van der Waals surface area contributed by atoms with Crippen LogP contribution in [0.25, 0.3) is 0 Å². The molecule has 1 N–H and O–H groups in total. The number of nitrogens with zero attached hydrogens (tertiary/aromatic N) is 2. The molecule has 0 aliphatic carbocycles. The van der Waals surface area contributed by atoms with Crippen LogP contribution in [0.15, 0.2) is 18.2 Å². The molecule has 7 heteroatoms. The molecule has 1 fully saturated rings. The molecule has 0 aromatic heterocycles. The molecule has 6 nitrogen and oxygen atoms in total. The number of hydrogen-bond acceptors (Lipinski definition) is 4. The number of anilines is 1. The zero-order chi connectivity index (χ0) is 14.7. The van der Waals surface area contributed by atoms with E-state index in [4.69, 9.17) is 5.11 Å². The van der Waals surface area contributed by atoms with Gasteiger partial charge in [-0.15, -0.1) is 0 Å². The summed E-state index contributed by atoms with van der Waals surface area (Å²) in [5, 5.41) is 8.87. The fourth-order valence-corrected chi connectivity index (χ4v) is 2.15. The van der Waals surface area contributed by atoms with E-state index >= 15 is 0 Å². The van der Waals surface area contributed by atoms with Crippen LogP contribution in [0.2, 0.25) is 0 Å². The van der Waals surface area contributed by atoms with Gasteiger partial charge in [0.2, 0.25) is 0 Å². The van der Waals surface area contributed by atoms with Crippen molar-refractivity contribution in [3.05, 3.63) is 29.6 Å². The van der Waals surface area contributed by atoms with Gasteiger partial charge in [0.05, 0.1) is 12.7 Å². The highest BCUT2D eigenvalue weighted by Gasteiger charge is 2.21. The molecule has 0 saturated carbocycles. The molecule has 1 aromatic rings. The summed E-state index contributed by atoms with van der Waals surface area (Å²) in [5.74, 6) is -1.13. The first-order valence-electron chi connectivity index (χ1n) is 6.13. The fourth-order valence-electron chi connectivity index (χ4n) is 2.15. The van der Waals surface area contributed by atoms with Crippen LogP contribution in [0.5, 0.6) is 0 Å². The molecule has 1 amide bonds. The average Bonchev–Trinajstić information content (AvgIpc) is 2.45. The highest BCUT2D eigenvalue weighted by molar-refractivity contribution is 5.90. The number of esters is 1. The minimum Gasteiger partial charge on any atom is -0.465 e. The Kier molecular flexibility index (Phi) is 4.07. The molecule has 1 aliphatic heterocycles. The Hall–Kier alpha value is -2.31. The van der Waals surface area contributed by atoms with E-state index in [2.05, 4.69) is 4.74 Å². The minimum absolute atomic E-state index is 0.142. The normalized spacial score (nSPS) is 15.1. The zero-order valence-electron chi connectivity index (χ0n) is 11.0. The van der Waals surface area contributed by atoms with E-state index in [0.29, 0.717) is 31.9 Å². The molecule has 1 aromatic carbocycles. The third kappa shape index (κ3) is 2.98. The summed E-state index contributed by atoms with van der Waals surface area (Å²) in [5.41, 5.74) is 0.693. The van der Waals surface area contributed by atoms with Gasteiger partial charge in [-0.05, 0) is 18.2 Å². The Balaban J connectivity index is 2.15. The Labute approximate surface area is 115 Å². The predicted molar refractivity (Wildman–Crippen MR) is 69.6 cm³/mol. The van der Waals surface area contributed by atoms with Crippen LogP contribution >= 0.6 is 0 Å². The third-order valence-electron chi connectivity index (χ3n) is 3.22. The van der Waals surface area contributed by atoms with Crippen LogP contribution in [-0.2, 0) is 4.74 Å². The van der Waals surface area contributed by atoms with Crippen molar-refractivity contribution < 1.29 is 23.8 Å². The van der Waals surface area contributed by atoms with Gasteiger partial charge in [-0.2, -0.15) is 0 Å². The first-order chi connectivity index (χ1) is 9.51. The lowest BCUT2D eigenvalue weighted by Crippen LogP contribution is -2.48. The summed E-state index contributed by atoms with van der Waals surface area (Å²) in [6.45, 7) is 1.60. The monoisotopic (exact) mass is 282 g/mol. The Morgan fingerprint density at radius 3 is 2.40 bits per heavy atom. The number of carbonyl (C=O) groups excluding carboxylic acids is 1. The first kappa shape index (κ1) is 14.1. The second kappa shape index (κ2) is 5.77. The highest BCUT2D eigenvalue weighted by Crippen LogP contribution is 2.21. The summed E-state index contributed by atoms with van der Waals surface area (Å²) in [6, 6.07) is 3.98. The van der Waals surface area contributed by atoms with Gasteiger partial charge in [0, 0.05) is 31.9 Å². The molecule has 0 atom stereocenters. The second-order valence-corrected chi connectivity index (χ2v) is 4.45. The van der Waals surface area contributed by atoms with E-state index in [9.17, 15) is 14.0 Å². The molecule has 0 bridgehead atoms. The van der Waals surface area contributed by atoms with Crippen molar-refractivity contribution in [1.82, 2.24) is 4.90 Å². The van der Waals surface area contributed by atoms with E-state index < -0.39 is 17.9 Å². The number of carbonyl (C=O) groups is 2. The number of piperazine rings is 1. The number of ether oxygens (including phenoxy) is 1. The number of rotatable bonds is 2. The summed E-state index contributed by atoms with van der Waals surface area (Å²) in [4.78, 5) is 25.4. The fraction of sp³-hybridized carbons (Fsp3) is 0.385. The minimum atomic E-state index is -0.959. The lowest BCUT2D eigenvalue weighted by molar-refractivity contribution is 0.0600. The van der Waals surface area contributed by atoms with Gasteiger partial charge in [0.1, 0.15) is 5.82 Å². The molecule has 1 aliphatic rings. The van der Waals surface area contributed by atoms with Crippen LogP contribution in [0.1, 0.15) is 10.4 Å². The van der Waals surface area contributed by atoms with Crippen LogP contribution in [-0.4, -0.2) is 55.4 Å². The van der Waals surface area contributed by atoms with E-state index in [1.807, 2.05) is 4.90 Å². The van der Waals surface area contributed by atoms with Gasteiger partial charge in [0.15, 0.2) is 0 Å². The lowest BCUT2D eigenvalue weighted by Gasteiger charge is -2.34. The van der Waals surface area contributed by atoms with Crippen molar-refractivity contribution in [1.29, 1.82) is 0 Å². The topological polar surface area (TPSA) is 70.1 Å². The summed E-state index contributed by atoms with van der Waals surface area (Å²) >= 11 is 0. The van der Waals surface area contributed by atoms with Crippen molar-refractivity contribution in [2.24, 2.45) is 0 Å². The van der Waals surface area contributed by atoms with E-state index in [1.165, 1.54) is 18.1 Å². The van der Waals surface area contributed by atoms with Gasteiger partial charge in [0.25, 0.3) is 0 Å². The van der Waals surface area contributed by atoms with Crippen LogP contribution in [0.4, 0.5) is 14.9 Å². The third-order valence-corrected chi connectivity index (χ3v) is 3.22. The Morgan fingerprint density at radius 2 is 1.85 bits per heavy atom. The molecule has 2 rings (SSSR count). The summed E-state index contributed by atoms with van der Waals surface area (Å²) < 4.78 is 18.1. The molecular formula is C13H15FN2O4. The molecule has 0 spiro atoms. The molecule has 0 unspecified atom stereocenters. The van der Waals surface area contributed by atoms with Crippen molar-refractivity contribution in [2.75, 3.05) is 38.2 Å². The highest BCUT2D eigenvalue weighted by atomic mass is 19.1. The van der Waals surface area contributed by atoms with Crippen LogP contribution in [0, 0.1) is 5.82 Å². The van der Waals surface area contributed by atoms with Crippen molar-refractivity contribution in [3.63, 3.8) is 0 Å². The van der Waals surface area contributed by atoms with Crippen molar-refractivity contribution >= 4 is 17.7 Å². The van der Waals surface area contributed by atoms with Crippen molar-refractivity contribution in [2.45, 2.75) is 0 Å². The Bertz CT molecular complexity index is 527. The maximum atomic E-state index is 13.5. The maximum Gasteiger partial charge on any atom is 0.407 e. The maximum absolute atomic E-state index is 13.5. The van der Waals surface area contributed by atoms with Gasteiger partial charge in [-0.3, -0.25) is 0 Å². The van der Waals surface area contributed by atoms with Gasteiger partial charge >= 0.3 is 12.1 Å². The van der Waals surface area contributed by atoms with Gasteiger partial charge in [-0.25, -0.2) is 14.0 Å². The Morgan fingerprint density at radius 1 is 1.20 bits per heavy atom. The number of carboxylic acid groups (broad SMARTS) is 1. The zero-order valence-corrected chi connectivity index (χ0v) is 11.0. The smallest absolute Gasteiger partial charge is 0.407 e. The molecular weight excluding hydrogens is 267 g/mol. The van der Waals surface area contributed by atoms with Crippen LogP contribution < -0.4 is 4.90 Å². The molecule has 0 radical (unpaired) electrons. The predicted octanol–water partition coefficient (Wildman–Crippen LogP) is 1.41. The number of benzene rings is 1. The largest absolute Gasteiger partial charge is 0.465 e. The van der Waals surface area contributed by atoms with Gasteiger partial charge < -0.3 is 19.6 Å². The summed E-state index contributed by atoms with van der Waals surface area (Å²) in [6.07, 6.45) is -0.959. The second-order valence-electron chi connectivity index (χ2n) is 4.45. The average molecular weight is 282 g/mol. The van der Waals surface area contributed by atoms with Crippen LogP contribution in [0.3, 0.4) is 0 Å². The standard InChI is InChI=1S/C13H15FN2O4/c1-20-12(17)9-6-10(14)8-11(7-9)15-2-4-16(5-3-15)13(18)19/h6-8H,2-5H2,1H3,(H,18,19). The molecule has 1 saturated heterocycles. The van der Waals surface area contributed by atoms with E-state index in [0.717, 1.165) is 6.07 Å². The number of amides is 1. The lowest BCUT2D eigenvalue weighted by atomic mass is 10.1. The quantitative estimate of drug-likeness (QED) is 0.831. The summed E-state index contributed by atoms with van der Waals surface area (Å²) in [7, 11) is 1.23. The van der Waals surface area contributed by atoms with E-state index in [-0.39, 0.29) is 5.56 Å². The molecule has 108 valence electrons. The van der Waals surface area contributed by atoms with Crippen molar-refractivity contribution in [3.8, 4) is 0 Å². The molecule has 20 heavy (non-hydrogen) atoms. The number of halogens is 1. The van der Waals surface area contributed by atoms with Gasteiger partial charge in [-0.1, -0.05) is 0 Å². The molecule has 1 heterocycles. The van der Waals surface area contributed by atoms with E-state index in [1.54, 1.807) is 6.07 Å².